The van der Waals surface area contributed by atoms with Gasteiger partial charge in [0.1, 0.15) is 11.5 Å². The Labute approximate surface area is 133 Å². The number of hydrogen-bond donors (Lipinski definition) is 0. The first-order valence-corrected chi connectivity index (χ1v) is 7.64. The molecule has 1 aromatic heterocycles. The van der Waals surface area contributed by atoms with Crippen molar-refractivity contribution in [1.82, 2.24) is 4.57 Å². The van der Waals surface area contributed by atoms with Crippen LogP contribution >= 0.6 is 31.9 Å². The fourth-order valence-electron chi connectivity index (χ4n) is 2.51. The van der Waals surface area contributed by atoms with E-state index in [1.807, 2.05) is 19.2 Å². The summed E-state index contributed by atoms with van der Waals surface area (Å²) >= 11 is 7.10. The van der Waals surface area contributed by atoms with Crippen molar-refractivity contribution < 1.29 is 9.47 Å². The van der Waals surface area contributed by atoms with E-state index in [-0.39, 0.29) is 0 Å². The van der Waals surface area contributed by atoms with Gasteiger partial charge in [0, 0.05) is 30.0 Å². The molecule has 3 aromatic rings. The Balaban J connectivity index is 2.47. The summed E-state index contributed by atoms with van der Waals surface area (Å²) in [6, 6.07) is 8.27. The van der Waals surface area contributed by atoms with Crippen molar-refractivity contribution in [2.45, 2.75) is 0 Å². The van der Waals surface area contributed by atoms with Crippen molar-refractivity contribution in [1.29, 1.82) is 0 Å². The Morgan fingerprint density at radius 3 is 1.55 bits per heavy atom. The Morgan fingerprint density at radius 2 is 1.20 bits per heavy atom. The van der Waals surface area contributed by atoms with Crippen LogP contribution < -0.4 is 9.47 Å². The topological polar surface area (TPSA) is 23.4 Å². The zero-order chi connectivity index (χ0) is 14.4. The highest BCUT2D eigenvalue weighted by atomic mass is 79.9. The lowest BCUT2D eigenvalue weighted by Crippen LogP contribution is -1.90. The average Bonchev–Trinajstić information content (AvgIpc) is 2.69. The number of ether oxygens (including phenoxy) is 2. The molecule has 2 aromatic carbocycles. The zero-order valence-corrected chi connectivity index (χ0v) is 14.5. The summed E-state index contributed by atoms with van der Waals surface area (Å²) in [7, 11) is 5.40. The maximum atomic E-state index is 5.38. The van der Waals surface area contributed by atoms with E-state index in [0.717, 1.165) is 31.5 Å². The van der Waals surface area contributed by atoms with Gasteiger partial charge in [-0.3, -0.25) is 0 Å². The average molecular weight is 399 g/mol. The number of aromatic nitrogens is 1. The smallest absolute Gasteiger partial charge is 0.135 e. The number of halogens is 2. The van der Waals surface area contributed by atoms with Crippen molar-refractivity contribution in [3.8, 4) is 11.5 Å². The second kappa shape index (κ2) is 4.97. The largest absolute Gasteiger partial charge is 0.495 e. The number of hydrogen-bond acceptors (Lipinski definition) is 2. The maximum Gasteiger partial charge on any atom is 0.135 e. The van der Waals surface area contributed by atoms with E-state index in [1.165, 1.54) is 10.8 Å². The van der Waals surface area contributed by atoms with Crippen molar-refractivity contribution >= 4 is 53.7 Å². The Bertz CT molecular complexity index is 757. The van der Waals surface area contributed by atoms with Gasteiger partial charge in [-0.25, -0.2) is 0 Å². The van der Waals surface area contributed by atoms with E-state index in [0.29, 0.717) is 0 Å². The Kier molecular flexibility index (Phi) is 3.42. The monoisotopic (exact) mass is 397 g/mol. The first kappa shape index (κ1) is 13.8. The van der Waals surface area contributed by atoms with Crippen LogP contribution in [0.25, 0.3) is 21.8 Å². The number of benzene rings is 2. The molecule has 0 aliphatic carbocycles. The van der Waals surface area contributed by atoms with Gasteiger partial charge < -0.3 is 14.0 Å². The van der Waals surface area contributed by atoms with Gasteiger partial charge in [0.05, 0.1) is 34.2 Å². The molecule has 1 heterocycles. The lowest BCUT2D eigenvalue weighted by Gasteiger charge is -2.04. The molecular formula is C15H13Br2NO2. The molecule has 0 amide bonds. The third-order valence-electron chi connectivity index (χ3n) is 3.55. The Hall–Kier alpha value is -1.20. The lowest BCUT2D eigenvalue weighted by molar-refractivity contribution is 0.412. The normalized spacial score (nSPS) is 11.2. The maximum absolute atomic E-state index is 5.38. The van der Waals surface area contributed by atoms with Crippen molar-refractivity contribution in [3.63, 3.8) is 0 Å². The summed E-state index contributed by atoms with van der Waals surface area (Å²) in [6.07, 6.45) is 0. The number of rotatable bonds is 2. The van der Waals surface area contributed by atoms with Crippen LogP contribution in [0.5, 0.6) is 11.5 Å². The second-order valence-corrected chi connectivity index (χ2v) is 6.28. The van der Waals surface area contributed by atoms with Crippen LogP contribution in [0.2, 0.25) is 0 Å². The minimum atomic E-state index is 0.828. The van der Waals surface area contributed by atoms with Crippen molar-refractivity contribution in [2.75, 3.05) is 14.2 Å². The van der Waals surface area contributed by atoms with Crippen LogP contribution in [-0.2, 0) is 7.05 Å². The fourth-order valence-corrected chi connectivity index (χ4v) is 3.52. The molecular weight excluding hydrogens is 386 g/mol. The van der Waals surface area contributed by atoms with Crippen LogP contribution in [0.15, 0.2) is 33.2 Å². The van der Waals surface area contributed by atoms with Crippen LogP contribution in [0, 0.1) is 0 Å². The fraction of sp³-hybridized carbons (Fsp3) is 0.200. The van der Waals surface area contributed by atoms with Gasteiger partial charge in [-0.2, -0.15) is 0 Å². The van der Waals surface area contributed by atoms with Gasteiger partial charge in [-0.1, -0.05) is 0 Å². The second-order valence-electron chi connectivity index (χ2n) is 4.57. The van der Waals surface area contributed by atoms with Gasteiger partial charge >= 0.3 is 0 Å². The summed E-state index contributed by atoms with van der Waals surface area (Å²) < 4.78 is 14.8. The summed E-state index contributed by atoms with van der Waals surface area (Å²) in [5.41, 5.74) is 2.25. The van der Waals surface area contributed by atoms with Crippen LogP contribution in [0.4, 0.5) is 0 Å². The molecule has 0 aliphatic heterocycles. The quantitative estimate of drug-likeness (QED) is 0.614. The van der Waals surface area contributed by atoms with Crippen LogP contribution in [-0.4, -0.2) is 18.8 Å². The molecule has 0 spiro atoms. The van der Waals surface area contributed by atoms with E-state index < -0.39 is 0 Å². The molecule has 0 aliphatic rings. The van der Waals surface area contributed by atoms with Gasteiger partial charge in [0.25, 0.3) is 0 Å². The summed E-state index contributed by atoms with van der Waals surface area (Å²) in [4.78, 5) is 0. The highest BCUT2D eigenvalue weighted by Crippen LogP contribution is 2.39. The van der Waals surface area contributed by atoms with E-state index in [4.69, 9.17) is 9.47 Å². The molecule has 0 atom stereocenters. The van der Waals surface area contributed by atoms with Crippen LogP contribution in [0.3, 0.4) is 0 Å². The molecule has 104 valence electrons. The molecule has 0 saturated heterocycles. The molecule has 0 fully saturated rings. The van der Waals surface area contributed by atoms with E-state index >= 15 is 0 Å². The predicted octanol–water partition coefficient (Wildman–Crippen LogP) is 4.87. The van der Waals surface area contributed by atoms with Crippen LogP contribution in [0.1, 0.15) is 0 Å². The highest BCUT2D eigenvalue weighted by molar-refractivity contribution is 9.11. The zero-order valence-electron chi connectivity index (χ0n) is 11.3. The Morgan fingerprint density at radius 1 is 0.800 bits per heavy atom. The van der Waals surface area contributed by atoms with Gasteiger partial charge in [0.15, 0.2) is 0 Å². The number of methoxy groups -OCH3 is 2. The molecule has 0 N–H and O–H groups in total. The third kappa shape index (κ3) is 1.91. The molecule has 0 unspecified atom stereocenters. The van der Waals surface area contributed by atoms with Crippen molar-refractivity contribution in [2.24, 2.45) is 7.05 Å². The van der Waals surface area contributed by atoms with Crippen molar-refractivity contribution in [3.05, 3.63) is 33.2 Å². The lowest BCUT2D eigenvalue weighted by atomic mass is 10.1. The van der Waals surface area contributed by atoms with Gasteiger partial charge in [-0.05, 0) is 44.0 Å². The predicted molar refractivity (Wildman–Crippen MR) is 88.9 cm³/mol. The molecule has 0 bridgehead atoms. The molecule has 0 radical (unpaired) electrons. The molecule has 3 nitrogen and oxygen atoms in total. The summed E-state index contributed by atoms with van der Waals surface area (Å²) in [5.74, 6) is 1.66. The number of fused-ring (bicyclic) bond motifs is 3. The minimum Gasteiger partial charge on any atom is -0.495 e. The molecule has 5 heteroatoms. The summed E-state index contributed by atoms with van der Waals surface area (Å²) in [5, 5.41) is 2.36. The van der Waals surface area contributed by atoms with E-state index in [1.54, 1.807) is 14.2 Å². The highest BCUT2D eigenvalue weighted by Gasteiger charge is 2.14. The molecule has 3 rings (SSSR count). The van der Waals surface area contributed by atoms with E-state index in [2.05, 4.69) is 48.6 Å². The van der Waals surface area contributed by atoms with E-state index in [9.17, 15) is 0 Å². The molecule has 20 heavy (non-hydrogen) atoms. The minimum absolute atomic E-state index is 0.828. The first-order chi connectivity index (χ1) is 9.56. The standard InChI is InChI=1S/C15H13Br2NO2/c1-18-12-6-14(19-2)10(16)4-8(12)9-5-11(17)15(20-3)7-13(9)18/h4-7H,1-3H3. The number of nitrogens with zero attached hydrogens (tertiary/aromatic N) is 1. The first-order valence-electron chi connectivity index (χ1n) is 6.06. The third-order valence-corrected chi connectivity index (χ3v) is 4.79. The van der Waals surface area contributed by atoms with Gasteiger partial charge in [-0.15, -0.1) is 0 Å². The SMILES string of the molecule is COc1cc2c(cc1Br)c1cc(Br)c(OC)cc1n2C. The summed E-state index contributed by atoms with van der Waals surface area (Å²) in [6.45, 7) is 0. The van der Waals surface area contributed by atoms with Gasteiger partial charge in [0.2, 0.25) is 0 Å². The molecule has 0 saturated carbocycles. The number of aryl methyl sites for hydroxylation is 1.